The lowest BCUT2D eigenvalue weighted by Gasteiger charge is -2.37. The van der Waals surface area contributed by atoms with Crippen LogP contribution >= 0.6 is 11.6 Å². The highest BCUT2D eigenvalue weighted by molar-refractivity contribution is 6.33. The SMILES string of the molecule is CC(C)(C)CC(C)(C)c1cc(N=Nc2cc3[nH]c(=O)[nH]c3cc2Cl)c(O)c(C(C)(C)C2C=CC=CC2)c1. The van der Waals surface area contributed by atoms with Crippen LogP contribution in [0.1, 0.15) is 72.4 Å². The molecular weight excluding hydrogens is 484 g/mol. The quantitative estimate of drug-likeness (QED) is 0.283. The van der Waals surface area contributed by atoms with Gasteiger partial charge in [-0.25, -0.2) is 4.79 Å². The van der Waals surface area contributed by atoms with Gasteiger partial charge in [0.2, 0.25) is 0 Å². The van der Waals surface area contributed by atoms with Crippen molar-refractivity contribution >= 4 is 34.0 Å². The molecule has 0 amide bonds. The fraction of sp³-hybridized carbons (Fsp3) is 0.433. The van der Waals surface area contributed by atoms with E-state index in [4.69, 9.17) is 11.6 Å². The average molecular weight is 521 g/mol. The van der Waals surface area contributed by atoms with Crippen molar-refractivity contribution in [2.45, 2.75) is 72.1 Å². The van der Waals surface area contributed by atoms with Crippen molar-refractivity contribution in [2.24, 2.45) is 21.6 Å². The Morgan fingerprint density at radius 2 is 1.59 bits per heavy atom. The summed E-state index contributed by atoms with van der Waals surface area (Å²) in [5.74, 6) is 0.357. The second-order valence-corrected chi connectivity index (χ2v) is 12.9. The van der Waals surface area contributed by atoms with Gasteiger partial charge in [0, 0.05) is 5.56 Å². The largest absolute Gasteiger partial charge is 0.505 e. The van der Waals surface area contributed by atoms with Gasteiger partial charge in [0.1, 0.15) is 17.1 Å². The van der Waals surface area contributed by atoms with Crippen molar-refractivity contribution in [3.8, 4) is 5.75 Å². The molecule has 37 heavy (non-hydrogen) atoms. The number of allylic oxidation sites excluding steroid dienone is 4. The molecule has 0 fully saturated rings. The third-order valence-corrected chi connectivity index (χ3v) is 7.60. The molecule has 1 aromatic heterocycles. The molecule has 1 aliphatic rings. The van der Waals surface area contributed by atoms with Crippen molar-refractivity contribution in [1.82, 2.24) is 9.97 Å². The maximum absolute atomic E-state index is 11.7. The molecule has 3 N–H and O–H groups in total. The number of H-pyrrole nitrogens is 2. The summed E-state index contributed by atoms with van der Waals surface area (Å²) in [6.45, 7) is 15.5. The highest BCUT2D eigenvalue weighted by Crippen LogP contribution is 2.48. The number of imidazole rings is 1. The maximum Gasteiger partial charge on any atom is 0.323 e. The van der Waals surface area contributed by atoms with Gasteiger partial charge in [-0.15, -0.1) is 10.2 Å². The molecule has 0 spiro atoms. The van der Waals surface area contributed by atoms with Gasteiger partial charge in [-0.1, -0.05) is 90.4 Å². The second kappa shape index (κ2) is 9.64. The summed E-state index contributed by atoms with van der Waals surface area (Å²) in [5, 5.41) is 20.8. The molecule has 4 rings (SSSR count). The van der Waals surface area contributed by atoms with Crippen molar-refractivity contribution in [1.29, 1.82) is 0 Å². The molecule has 6 nitrogen and oxygen atoms in total. The molecule has 1 atom stereocenters. The first-order valence-corrected chi connectivity index (χ1v) is 13.1. The molecule has 0 saturated carbocycles. The topological polar surface area (TPSA) is 93.6 Å². The van der Waals surface area contributed by atoms with Gasteiger partial charge in [0.05, 0.1) is 16.1 Å². The minimum absolute atomic E-state index is 0.117. The normalized spacial score (nSPS) is 16.8. The Hall–Kier alpha value is -3.12. The highest BCUT2D eigenvalue weighted by Gasteiger charge is 2.35. The fourth-order valence-electron chi connectivity index (χ4n) is 5.55. The molecule has 0 saturated heterocycles. The van der Waals surface area contributed by atoms with Crippen molar-refractivity contribution in [3.05, 3.63) is 75.2 Å². The van der Waals surface area contributed by atoms with E-state index in [1.165, 1.54) is 0 Å². The molecule has 7 heteroatoms. The number of nitrogens with zero attached hydrogens (tertiary/aromatic N) is 2. The third kappa shape index (κ3) is 5.74. The van der Waals surface area contributed by atoms with E-state index in [2.05, 4.69) is 99.0 Å². The lowest BCUT2D eigenvalue weighted by atomic mass is 9.67. The van der Waals surface area contributed by atoms with Crippen LogP contribution in [0.4, 0.5) is 11.4 Å². The Kier molecular flexibility index (Phi) is 7.02. The van der Waals surface area contributed by atoms with Gasteiger partial charge >= 0.3 is 5.69 Å². The van der Waals surface area contributed by atoms with E-state index in [1.807, 2.05) is 6.07 Å². The molecule has 3 aromatic rings. The van der Waals surface area contributed by atoms with Gasteiger partial charge in [-0.2, -0.15) is 0 Å². The van der Waals surface area contributed by atoms with Gasteiger partial charge in [0.15, 0.2) is 0 Å². The van der Waals surface area contributed by atoms with Crippen LogP contribution in [0.15, 0.2) is 63.6 Å². The predicted octanol–water partition coefficient (Wildman–Crippen LogP) is 8.75. The Bertz CT molecular complexity index is 1470. The number of aromatic amines is 2. The monoisotopic (exact) mass is 520 g/mol. The first kappa shape index (κ1) is 26.9. The maximum atomic E-state index is 11.7. The minimum Gasteiger partial charge on any atom is -0.505 e. The van der Waals surface area contributed by atoms with Crippen LogP contribution in [0.2, 0.25) is 5.02 Å². The number of aromatic nitrogens is 2. The Labute approximate surface area is 223 Å². The number of aromatic hydroxyl groups is 1. The number of fused-ring (bicyclic) bond motifs is 1. The highest BCUT2D eigenvalue weighted by atomic mass is 35.5. The van der Waals surface area contributed by atoms with Crippen LogP contribution in [-0.4, -0.2) is 15.1 Å². The number of benzene rings is 2. The number of hydrogen-bond acceptors (Lipinski definition) is 4. The van der Waals surface area contributed by atoms with E-state index in [-0.39, 0.29) is 33.6 Å². The summed E-state index contributed by atoms with van der Waals surface area (Å²) >= 11 is 6.43. The molecular formula is C30H37ClN4O2. The number of phenols is 1. The van der Waals surface area contributed by atoms with E-state index < -0.39 is 0 Å². The number of nitrogens with one attached hydrogen (secondary N) is 2. The van der Waals surface area contributed by atoms with E-state index in [0.717, 1.165) is 24.0 Å². The van der Waals surface area contributed by atoms with Crippen LogP contribution < -0.4 is 5.69 Å². The van der Waals surface area contributed by atoms with Gasteiger partial charge in [-0.3, -0.25) is 0 Å². The molecule has 196 valence electrons. The van der Waals surface area contributed by atoms with Crippen molar-refractivity contribution in [3.63, 3.8) is 0 Å². The lowest BCUT2D eigenvalue weighted by Crippen LogP contribution is -2.29. The summed E-state index contributed by atoms with van der Waals surface area (Å²) in [7, 11) is 0. The van der Waals surface area contributed by atoms with Crippen molar-refractivity contribution < 1.29 is 5.11 Å². The standard InChI is InChI=1S/C30H37ClN4O2/c1-28(2,3)17-29(4,5)19-13-20(30(6,7)18-11-9-8-10-12-18)26(36)25(14-19)35-34-22-16-24-23(15-21(22)31)32-27(37)33-24/h8-11,13-16,18,36H,12,17H2,1-7H3,(H2,32,33,37). The third-order valence-electron chi connectivity index (χ3n) is 7.29. The summed E-state index contributed by atoms with van der Waals surface area (Å²) < 4.78 is 0. The number of hydrogen-bond donors (Lipinski definition) is 3. The van der Waals surface area contributed by atoms with E-state index in [0.29, 0.717) is 27.4 Å². The number of halogens is 1. The van der Waals surface area contributed by atoms with Crippen LogP contribution in [0.5, 0.6) is 5.75 Å². The van der Waals surface area contributed by atoms with Crippen molar-refractivity contribution in [2.75, 3.05) is 0 Å². The summed E-state index contributed by atoms with van der Waals surface area (Å²) in [4.78, 5) is 17.1. The summed E-state index contributed by atoms with van der Waals surface area (Å²) in [6, 6.07) is 7.40. The summed E-state index contributed by atoms with van der Waals surface area (Å²) in [6.07, 6.45) is 10.4. The van der Waals surface area contributed by atoms with Crippen LogP contribution in [-0.2, 0) is 10.8 Å². The lowest BCUT2D eigenvalue weighted by molar-refractivity contribution is 0.283. The summed E-state index contributed by atoms with van der Waals surface area (Å²) in [5.41, 5.74) is 3.24. The first-order valence-electron chi connectivity index (χ1n) is 12.7. The molecule has 1 unspecified atom stereocenters. The molecule has 0 bridgehead atoms. The molecule has 0 aliphatic heterocycles. The smallest absolute Gasteiger partial charge is 0.323 e. The Balaban J connectivity index is 1.85. The van der Waals surface area contributed by atoms with E-state index in [9.17, 15) is 9.90 Å². The number of phenolic OH excluding ortho intramolecular Hbond substituents is 1. The molecule has 1 aliphatic carbocycles. The first-order chi connectivity index (χ1) is 17.2. The Morgan fingerprint density at radius 1 is 0.946 bits per heavy atom. The van der Waals surface area contributed by atoms with Gasteiger partial charge < -0.3 is 15.1 Å². The van der Waals surface area contributed by atoms with E-state index >= 15 is 0 Å². The molecule has 1 heterocycles. The van der Waals surface area contributed by atoms with Crippen LogP contribution in [0.25, 0.3) is 11.0 Å². The second-order valence-electron chi connectivity index (χ2n) is 12.5. The van der Waals surface area contributed by atoms with Gasteiger partial charge in [0.25, 0.3) is 0 Å². The molecule has 2 aromatic carbocycles. The minimum atomic E-state index is -0.343. The Morgan fingerprint density at radius 3 is 2.22 bits per heavy atom. The van der Waals surface area contributed by atoms with Crippen LogP contribution in [0.3, 0.4) is 0 Å². The molecule has 0 radical (unpaired) electrons. The zero-order valence-electron chi connectivity index (χ0n) is 22.7. The fourth-order valence-corrected chi connectivity index (χ4v) is 5.75. The average Bonchev–Trinajstić information content (AvgIpc) is 3.15. The predicted molar refractivity (Wildman–Crippen MR) is 153 cm³/mol. The zero-order chi connectivity index (χ0) is 27.2. The number of azo groups is 1. The van der Waals surface area contributed by atoms with E-state index in [1.54, 1.807) is 12.1 Å². The van der Waals surface area contributed by atoms with Gasteiger partial charge in [-0.05, 0) is 58.8 Å². The zero-order valence-corrected chi connectivity index (χ0v) is 23.5. The van der Waals surface area contributed by atoms with Crippen LogP contribution in [0, 0.1) is 11.3 Å². The number of rotatable bonds is 6.